The van der Waals surface area contributed by atoms with Crippen LogP contribution in [0.3, 0.4) is 0 Å². The van der Waals surface area contributed by atoms with E-state index in [-0.39, 0.29) is 18.4 Å². The number of ether oxygens (including phenoxy) is 1. The Morgan fingerprint density at radius 2 is 1.65 bits per heavy atom. The van der Waals surface area contributed by atoms with Crippen molar-refractivity contribution in [3.63, 3.8) is 0 Å². The average Bonchev–Trinajstić information content (AvgIpc) is 3.13. The van der Waals surface area contributed by atoms with E-state index >= 15 is 0 Å². The van der Waals surface area contributed by atoms with Gasteiger partial charge in [0, 0.05) is 22.3 Å². The summed E-state index contributed by atoms with van der Waals surface area (Å²) in [6.07, 6.45) is 1.41. The minimum atomic E-state index is -0.494. The number of hydrogen-bond acceptors (Lipinski definition) is 3. The quantitative estimate of drug-likeness (QED) is 0.836. The lowest BCUT2D eigenvalue weighted by molar-refractivity contribution is -0.138. The Bertz CT molecular complexity index is 778. The standard InChI is InChI=1S/C19H18Cl2N2O3/c20-13-3-7-15(8-4-13)22-19(25)17-2-1-11-23(17)18(24)12-26-16-9-5-14(21)6-10-16/h3-10,17H,1-2,11-12H2,(H,22,25)/t17-/m1/s1. The second-order valence-electron chi connectivity index (χ2n) is 5.98. The number of nitrogens with one attached hydrogen (secondary N) is 1. The van der Waals surface area contributed by atoms with Crippen LogP contribution < -0.4 is 10.1 Å². The number of benzene rings is 2. The van der Waals surface area contributed by atoms with Gasteiger partial charge in [-0.15, -0.1) is 0 Å². The summed E-state index contributed by atoms with van der Waals surface area (Å²) in [6.45, 7) is 0.424. The molecule has 1 aliphatic heterocycles. The Labute approximate surface area is 161 Å². The first-order valence-corrected chi connectivity index (χ1v) is 9.03. The molecule has 0 unspecified atom stereocenters. The molecule has 1 fully saturated rings. The van der Waals surface area contributed by atoms with Gasteiger partial charge in [-0.2, -0.15) is 0 Å². The SMILES string of the molecule is O=C(Nc1ccc(Cl)cc1)[C@H]1CCCN1C(=O)COc1ccc(Cl)cc1. The molecular formula is C19H18Cl2N2O3. The molecule has 0 spiro atoms. The van der Waals surface area contributed by atoms with Gasteiger partial charge >= 0.3 is 0 Å². The normalized spacial score (nSPS) is 16.4. The van der Waals surface area contributed by atoms with Gasteiger partial charge in [0.15, 0.2) is 6.61 Å². The third kappa shape index (κ3) is 4.68. The van der Waals surface area contributed by atoms with E-state index in [1.165, 1.54) is 0 Å². The fourth-order valence-electron chi connectivity index (χ4n) is 2.86. The highest BCUT2D eigenvalue weighted by molar-refractivity contribution is 6.30. The molecule has 136 valence electrons. The second-order valence-corrected chi connectivity index (χ2v) is 6.86. The molecule has 1 aliphatic rings. The van der Waals surface area contributed by atoms with Gasteiger partial charge < -0.3 is 15.0 Å². The summed E-state index contributed by atoms with van der Waals surface area (Å²) in [5.74, 6) is 0.141. The van der Waals surface area contributed by atoms with Gasteiger partial charge in [0.25, 0.3) is 5.91 Å². The summed E-state index contributed by atoms with van der Waals surface area (Å²) in [5.41, 5.74) is 0.649. The highest BCUT2D eigenvalue weighted by Crippen LogP contribution is 2.21. The van der Waals surface area contributed by atoms with Crippen LogP contribution in [-0.4, -0.2) is 35.9 Å². The monoisotopic (exact) mass is 392 g/mol. The number of amides is 2. The molecule has 2 aromatic carbocycles. The molecule has 1 heterocycles. The summed E-state index contributed by atoms with van der Waals surface area (Å²) >= 11 is 11.7. The molecule has 3 rings (SSSR count). The molecule has 7 heteroatoms. The van der Waals surface area contributed by atoms with Crippen LogP contribution in [0.25, 0.3) is 0 Å². The summed E-state index contributed by atoms with van der Waals surface area (Å²) in [6, 6.07) is 13.2. The van der Waals surface area contributed by atoms with Crippen LogP contribution in [0.2, 0.25) is 10.0 Å². The molecule has 1 saturated heterocycles. The minimum Gasteiger partial charge on any atom is -0.484 e. The van der Waals surface area contributed by atoms with Crippen molar-refractivity contribution in [1.29, 1.82) is 0 Å². The predicted octanol–water partition coefficient (Wildman–Crippen LogP) is 4.00. The van der Waals surface area contributed by atoms with Crippen LogP contribution >= 0.6 is 23.2 Å². The lowest BCUT2D eigenvalue weighted by atomic mass is 10.2. The van der Waals surface area contributed by atoms with E-state index in [0.717, 1.165) is 6.42 Å². The molecule has 0 bridgehead atoms. The van der Waals surface area contributed by atoms with Crippen LogP contribution in [0.4, 0.5) is 5.69 Å². The smallest absolute Gasteiger partial charge is 0.261 e. The summed E-state index contributed by atoms with van der Waals surface area (Å²) in [7, 11) is 0. The zero-order valence-electron chi connectivity index (χ0n) is 14.0. The number of carbonyl (C=O) groups excluding carboxylic acids is 2. The third-order valence-electron chi connectivity index (χ3n) is 4.16. The molecule has 1 N–H and O–H groups in total. The number of nitrogens with zero attached hydrogens (tertiary/aromatic N) is 1. The second kappa shape index (κ2) is 8.43. The number of halogens is 2. The van der Waals surface area contributed by atoms with Crippen molar-refractivity contribution in [2.75, 3.05) is 18.5 Å². The van der Waals surface area contributed by atoms with Gasteiger partial charge in [0.1, 0.15) is 11.8 Å². The molecule has 0 aliphatic carbocycles. The van der Waals surface area contributed by atoms with Crippen molar-refractivity contribution in [3.8, 4) is 5.75 Å². The van der Waals surface area contributed by atoms with Crippen molar-refractivity contribution >= 4 is 40.7 Å². The predicted molar refractivity (Wildman–Crippen MR) is 102 cm³/mol. The van der Waals surface area contributed by atoms with Crippen molar-refractivity contribution in [3.05, 3.63) is 58.6 Å². The topological polar surface area (TPSA) is 58.6 Å². The molecule has 1 atom stereocenters. The maximum absolute atomic E-state index is 12.5. The van der Waals surface area contributed by atoms with Crippen LogP contribution in [-0.2, 0) is 9.59 Å². The Hall–Kier alpha value is -2.24. The van der Waals surface area contributed by atoms with Crippen molar-refractivity contribution < 1.29 is 14.3 Å². The lowest BCUT2D eigenvalue weighted by Crippen LogP contribution is -2.45. The van der Waals surface area contributed by atoms with E-state index in [0.29, 0.717) is 34.4 Å². The Kier molecular flexibility index (Phi) is 6.01. The number of likely N-dealkylation sites (tertiary alicyclic amines) is 1. The van der Waals surface area contributed by atoms with E-state index in [9.17, 15) is 9.59 Å². The van der Waals surface area contributed by atoms with Gasteiger partial charge in [-0.3, -0.25) is 9.59 Å². The van der Waals surface area contributed by atoms with E-state index in [1.54, 1.807) is 53.4 Å². The van der Waals surface area contributed by atoms with Crippen molar-refractivity contribution in [2.24, 2.45) is 0 Å². The van der Waals surface area contributed by atoms with Crippen LogP contribution in [0.15, 0.2) is 48.5 Å². The van der Waals surface area contributed by atoms with Crippen LogP contribution in [0.5, 0.6) is 5.75 Å². The van der Waals surface area contributed by atoms with Gasteiger partial charge in [-0.25, -0.2) is 0 Å². The zero-order valence-corrected chi connectivity index (χ0v) is 15.5. The first-order chi connectivity index (χ1) is 12.5. The minimum absolute atomic E-state index is 0.119. The third-order valence-corrected chi connectivity index (χ3v) is 4.67. The number of rotatable bonds is 5. The van der Waals surface area contributed by atoms with Crippen molar-refractivity contribution in [1.82, 2.24) is 4.90 Å². The first kappa shape index (κ1) is 18.5. The molecular weight excluding hydrogens is 375 g/mol. The Balaban J connectivity index is 1.57. The maximum atomic E-state index is 12.5. The van der Waals surface area contributed by atoms with E-state index in [4.69, 9.17) is 27.9 Å². The summed E-state index contributed by atoms with van der Waals surface area (Å²) in [5, 5.41) is 4.03. The molecule has 0 radical (unpaired) electrons. The number of hydrogen-bond donors (Lipinski definition) is 1. The van der Waals surface area contributed by atoms with E-state index < -0.39 is 6.04 Å². The first-order valence-electron chi connectivity index (χ1n) is 8.27. The fraction of sp³-hybridized carbons (Fsp3) is 0.263. The van der Waals surface area contributed by atoms with Gasteiger partial charge in [0.05, 0.1) is 0 Å². The Morgan fingerprint density at radius 3 is 2.31 bits per heavy atom. The van der Waals surface area contributed by atoms with Crippen molar-refractivity contribution in [2.45, 2.75) is 18.9 Å². The molecule has 0 saturated carbocycles. The molecule has 2 amide bonds. The maximum Gasteiger partial charge on any atom is 0.261 e. The molecule has 26 heavy (non-hydrogen) atoms. The van der Waals surface area contributed by atoms with Gasteiger partial charge in [-0.1, -0.05) is 23.2 Å². The average molecular weight is 393 g/mol. The number of carbonyl (C=O) groups is 2. The lowest BCUT2D eigenvalue weighted by Gasteiger charge is -2.24. The van der Waals surface area contributed by atoms with Gasteiger partial charge in [-0.05, 0) is 61.4 Å². The highest BCUT2D eigenvalue weighted by atomic mass is 35.5. The number of anilines is 1. The van der Waals surface area contributed by atoms with Gasteiger partial charge in [0.2, 0.25) is 5.91 Å². The van der Waals surface area contributed by atoms with E-state index in [2.05, 4.69) is 5.32 Å². The highest BCUT2D eigenvalue weighted by Gasteiger charge is 2.34. The van der Waals surface area contributed by atoms with Crippen LogP contribution in [0.1, 0.15) is 12.8 Å². The zero-order chi connectivity index (χ0) is 18.5. The summed E-state index contributed by atoms with van der Waals surface area (Å²) in [4.78, 5) is 26.6. The molecule has 0 aromatic heterocycles. The fourth-order valence-corrected chi connectivity index (χ4v) is 3.11. The largest absolute Gasteiger partial charge is 0.484 e. The van der Waals surface area contributed by atoms with E-state index in [1.807, 2.05) is 0 Å². The summed E-state index contributed by atoms with van der Waals surface area (Å²) < 4.78 is 5.50. The molecule has 2 aromatic rings. The Morgan fingerprint density at radius 1 is 1.04 bits per heavy atom. The van der Waals surface area contributed by atoms with Crippen LogP contribution in [0, 0.1) is 0 Å². The molecule has 5 nitrogen and oxygen atoms in total.